The van der Waals surface area contributed by atoms with Crippen LogP contribution in [0.25, 0.3) is 0 Å². The van der Waals surface area contributed by atoms with E-state index in [9.17, 15) is 0 Å². The topological polar surface area (TPSA) is 58.3 Å². The van der Waals surface area contributed by atoms with Crippen molar-refractivity contribution >= 4 is 0 Å². The fourth-order valence-corrected chi connectivity index (χ4v) is 1.52. The van der Waals surface area contributed by atoms with Gasteiger partial charge in [-0.25, -0.2) is 0 Å². The van der Waals surface area contributed by atoms with Crippen molar-refractivity contribution in [1.29, 1.82) is 0 Å². The molecule has 86 valence electrons. The average Bonchev–Trinajstić information content (AvgIpc) is 2.16. The molecular weight excluding hydrogens is 176 g/mol. The number of hydrogen-bond donors (Lipinski definition) is 3. The fourth-order valence-electron chi connectivity index (χ4n) is 1.52. The first-order valence-electron chi connectivity index (χ1n) is 5.69. The maximum absolute atomic E-state index is 8.83. The molecule has 0 saturated carbocycles. The highest BCUT2D eigenvalue weighted by Crippen LogP contribution is 2.08. The third-order valence-electron chi connectivity index (χ3n) is 2.88. The molecular formula is C11H26N2O. The third kappa shape index (κ3) is 5.58. The molecule has 0 aliphatic rings. The van der Waals surface area contributed by atoms with E-state index in [4.69, 9.17) is 10.8 Å². The highest BCUT2D eigenvalue weighted by atomic mass is 16.3. The lowest BCUT2D eigenvalue weighted by Gasteiger charge is -2.23. The monoisotopic (exact) mass is 202 g/mol. The number of rotatable bonds is 8. The van der Waals surface area contributed by atoms with Crippen LogP contribution in [0.2, 0.25) is 0 Å². The summed E-state index contributed by atoms with van der Waals surface area (Å²) in [6.45, 7) is 8.51. The van der Waals surface area contributed by atoms with Crippen LogP contribution in [0.3, 0.4) is 0 Å². The summed E-state index contributed by atoms with van der Waals surface area (Å²) in [6, 6.07) is 0.438. The normalized spacial score (nSPS) is 15.9. The van der Waals surface area contributed by atoms with Gasteiger partial charge < -0.3 is 16.2 Å². The molecule has 0 heterocycles. The summed E-state index contributed by atoms with van der Waals surface area (Å²) in [7, 11) is 0. The second-order valence-electron chi connectivity index (χ2n) is 4.27. The number of nitrogens with two attached hydrogens (primary N) is 1. The zero-order chi connectivity index (χ0) is 11.0. The predicted octanol–water partition coefficient (Wildman–Crippen LogP) is 0.968. The standard InChI is InChI=1S/C11H26N2O/c1-4-11(5-6-14)13-8-10(7-12)9(2)3/h9-11,13-14H,4-8,12H2,1-3H3. The Morgan fingerprint density at radius 2 is 2.00 bits per heavy atom. The Balaban J connectivity index is 3.75. The Morgan fingerprint density at radius 3 is 2.36 bits per heavy atom. The highest BCUT2D eigenvalue weighted by Gasteiger charge is 2.13. The molecule has 2 atom stereocenters. The van der Waals surface area contributed by atoms with Gasteiger partial charge in [0.05, 0.1) is 0 Å². The molecule has 2 unspecified atom stereocenters. The molecule has 0 fully saturated rings. The van der Waals surface area contributed by atoms with E-state index in [0.717, 1.165) is 25.9 Å². The first-order valence-corrected chi connectivity index (χ1v) is 5.69. The lowest BCUT2D eigenvalue weighted by Crippen LogP contribution is -2.38. The lowest BCUT2D eigenvalue weighted by atomic mass is 9.95. The summed E-state index contributed by atoms with van der Waals surface area (Å²) in [5.41, 5.74) is 5.69. The van der Waals surface area contributed by atoms with E-state index in [1.54, 1.807) is 0 Å². The van der Waals surface area contributed by atoms with E-state index in [2.05, 4.69) is 26.1 Å². The third-order valence-corrected chi connectivity index (χ3v) is 2.88. The molecule has 0 spiro atoms. The van der Waals surface area contributed by atoms with E-state index >= 15 is 0 Å². The van der Waals surface area contributed by atoms with Crippen LogP contribution in [0.15, 0.2) is 0 Å². The Kier molecular flexibility index (Phi) is 8.14. The van der Waals surface area contributed by atoms with Crippen LogP contribution in [0.1, 0.15) is 33.6 Å². The van der Waals surface area contributed by atoms with Gasteiger partial charge in [0, 0.05) is 12.6 Å². The summed E-state index contributed by atoms with van der Waals surface area (Å²) >= 11 is 0. The highest BCUT2D eigenvalue weighted by molar-refractivity contribution is 4.71. The summed E-state index contributed by atoms with van der Waals surface area (Å²) in [5, 5.41) is 12.3. The smallest absolute Gasteiger partial charge is 0.0445 e. The fraction of sp³-hybridized carbons (Fsp3) is 1.00. The van der Waals surface area contributed by atoms with E-state index in [0.29, 0.717) is 17.9 Å². The van der Waals surface area contributed by atoms with E-state index in [1.807, 2.05) is 0 Å². The van der Waals surface area contributed by atoms with Gasteiger partial charge in [-0.3, -0.25) is 0 Å². The van der Waals surface area contributed by atoms with Gasteiger partial charge >= 0.3 is 0 Å². The number of aliphatic hydroxyl groups is 1. The zero-order valence-corrected chi connectivity index (χ0v) is 9.79. The predicted molar refractivity (Wildman–Crippen MR) is 61.2 cm³/mol. The minimum absolute atomic E-state index is 0.264. The quantitative estimate of drug-likeness (QED) is 0.549. The van der Waals surface area contributed by atoms with Crippen LogP contribution in [0.5, 0.6) is 0 Å². The number of hydrogen-bond acceptors (Lipinski definition) is 3. The molecule has 0 bridgehead atoms. The summed E-state index contributed by atoms with van der Waals surface area (Å²) in [4.78, 5) is 0. The molecule has 3 nitrogen and oxygen atoms in total. The van der Waals surface area contributed by atoms with E-state index < -0.39 is 0 Å². The summed E-state index contributed by atoms with van der Waals surface area (Å²) in [6.07, 6.45) is 1.90. The van der Waals surface area contributed by atoms with E-state index in [-0.39, 0.29) is 6.61 Å². The SMILES string of the molecule is CCC(CCO)NCC(CN)C(C)C. The first-order chi connectivity index (χ1) is 6.65. The Bertz CT molecular complexity index is 128. The van der Waals surface area contributed by atoms with Crippen molar-refractivity contribution in [2.75, 3.05) is 19.7 Å². The first kappa shape index (κ1) is 13.9. The molecule has 0 aromatic heterocycles. The number of aliphatic hydroxyl groups excluding tert-OH is 1. The van der Waals surface area contributed by atoms with Crippen LogP contribution in [-0.4, -0.2) is 30.8 Å². The Hall–Kier alpha value is -0.120. The molecule has 0 amide bonds. The van der Waals surface area contributed by atoms with Gasteiger partial charge in [-0.15, -0.1) is 0 Å². The van der Waals surface area contributed by atoms with Crippen molar-refractivity contribution in [3.05, 3.63) is 0 Å². The molecule has 4 N–H and O–H groups in total. The maximum Gasteiger partial charge on any atom is 0.0445 e. The molecule has 0 aromatic carbocycles. The molecule has 0 rings (SSSR count). The average molecular weight is 202 g/mol. The molecule has 0 radical (unpaired) electrons. The van der Waals surface area contributed by atoms with Crippen molar-refractivity contribution in [1.82, 2.24) is 5.32 Å². The van der Waals surface area contributed by atoms with Gasteiger partial charge in [-0.2, -0.15) is 0 Å². The van der Waals surface area contributed by atoms with Gasteiger partial charge in [0.1, 0.15) is 0 Å². The Labute approximate surface area is 88.1 Å². The van der Waals surface area contributed by atoms with Gasteiger partial charge in [-0.05, 0) is 37.8 Å². The second kappa shape index (κ2) is 8.21. The molecule has 0 aromatic rings. The number of nitrogens with one attached hydrogen (secondary N) is 1. The van der Waals surface area contributed by atoms with Crippen molar-refractivity contribution < 1.29 is 5.11 Å². The minimum Gasteiger partial charge on any atom is -0.396 e. The Morgan fingerprint density at radius 1 is 1.36 bits per heavy atom. The van der Waals surface area contributed by atoms with Gasteiger partial charge in [0.25, 0.3) is 0 Å². The van der Waals surface area contributed by atoms with Crippen LogP contribution >= 0.6 is 0 Å². The van der Waals surface area contributed by atoms with Gasteiger partial charge in [0.15, 0.2) is 0 Å². The van der Waals surface area contributed by atoms with Crippen molar-refractivity contribution in [2.24, 2.45) is 17.6 Å². The molecule has 14 heavy (non-hydrogen) atoms. The van der Waals surface area contributed by atoms with Crippen LogP contribution in [0, 0.1) is 11.8 Å². The summed E-state index contributed by atoms with van der Waals surface area (Å²) in [5.74, 6) is 1.17. The van der Waals surface area contributed by atoms with Crippen LogP contribution in [-0.2, 0) is 0 Å². The minimum atomic E-state index is 0.264. The molecule has 0 saturated heterocycles. The largest absolute Gasteiger partial charge is 0.396 e. The second-order valence-corrected chi connectivity index (χ2v) is 4.27. The molecule has 3 heteroatoms. The zero-order valence-electron chi connectivity index (χ0n) is 9.79. The maximum atomic E-state index is 8.83. The van der Waals surface area contributed by atoms with Gasteiger partial charge in [0.2, 0.25) is 0 Å². The van der Waals surface area contributed by atoms with Crippen molar-refractivity contribution in [2.45, 2.75) is 39.7 Å². The van der Waals surface area contributed by atoms with E-state index in [1.165, 1.54) is 0 Å². The van der Waals surface area contributed by atoms with Crippen LogP contribution < -0.4 is 11.1 Å². The molecule has 0 aliphatic heterocycles. The molecule has 0 aliphatic carbocycles. The van der Waals surface area contributed by atoms with Gasteiger partial charge in [-0.1, -0.05) is 20.8 Å². The lowest BCUT2D eigenvalue weighted by molar-refractivity contribution is 0.254. The van der Waals surface area contributed by atoms with Crippen molar-refractivity contribution in [3.8, 4) is 0 Å². The van der Waals surface area contributed by atoms with Crippen LogP contribution in [0.4, 0.5) is 0 Å². The van der Waals surface area contributed by atoms with Crippen molar-refractivity contribution in [3.63, 3.8) is 0 Å². The summed E-state index contributed by atoms with van der Waals surface area (Å²) < 4.78 is 0.